The highest BCUT2D eigenvalue weighted by atomic mass is 79.9. The molecule has 0 aliphatic carbocycles. The summed E-state index contributed by atoms with van der Waals surface area (Å²) in [6, 6.07) is 16.1. The number of aryl methyl sites for hydroxylation is 1. The lowest BCUT2D eigenvalue weighted by Gasteiger charge is -2.01. The molecule has 0 bridgehead atoms. The maximum atomic E-state index is 4.58. The Labute approximate surface area is 145 Å². The van der Waals surface area contributed by atoms with Gasteiger partial charge in [0, 0.05) is 15.7 Å². The van der Waals surface area contributed by atoms with Crippen molar-refractivity contribution in [3.8, 4) is 11.4 Å². The Morgan fingerprint density at radius 3 is 2.48 bits per heavy atom. The largest absolute Gasteiger partial charge is 0.330 e. The number of nitrogens with one attached hydrogen (secondary N) is 1. The Morgan fingerprint density at radius 2 is 1.74 bits per heavy atom. The third-order valence-corrected chi connectivity index (χ3v) is 4.74. The number of aromatic nitrogens is 4. The molecule has 0 saturated carbocycles. The molecule has 0 saturated heterocycles. The maximum Gasteiger partial charge on any atom is 0.236 e. The number of benzene rings is 2. The van der Waals surface area contributed by atoms with Crippen molar-refractivity contribution in [2.45, 2.75) is 6.92 Å². The lowest BCUT2D eigenvalue weighted by atomic mass is 10.2. The zero-order valence-corrected chi connectivity index (χ0v) is 14.6. The number of anilines is 2. The van der Waals surface area contributed by atoms with Gasteiger partial charge in [0.2, 0.25) is 10.1 Å². The molecule has 4 rings (SSSR count). The molecule has 0 fully saturated rings. The first kappa shape index (κ1) is 14.3. The van der Waals surface area contributed by atoms with Gasteiger partial charge in [-0.1, -0.05) is 57.1 Å². The van der Waals surface area contributed by atoms with Gasteiger partial charge in [-0.3, -0.25) is 0 Å². The van der Waals surface area contributed by atoms with Crippen molar-refractivity contribution in [1.82, 2.24) is 19.8 Å². The molecule has 0 aliphatic heterocycles. The van der Waals surface area contributed by atoms with Crippen LogP contribution in [0.1, 0.15) is 5.56 Å². The van der Waals surface area contributed by atoms with Crippen molar-refractivity contribution in [2.24, 2.45) is 0 Å². The van der Waals surface area contributed by atoms with E-state index in [0.717, 1.165) is 31.6 Å². The summed E-state index contributed by atoms with van der Waals surface area (Å²) in [6.45, 7) is 2.07. The first-order valence-corrected chi connectivity index (χ1v) is 8.62. The second-order valence-electron chi connectivity index (χ2n) is 5.12. The fraction of sp³-hybridized carbons (Fsp3) is 0.0625. The second kappa shape index (κ2) is 5.75. The van der Waals surface area contributed by atoms with Crippen LogP contribution in [-0.4, -0.2) is 19.8 Å². The van der Waals surface area contributed by atoms with Crippen LogP contribution >= 0.6 is 27.3 Å². The summed E-state index contributed by atoms with van der Waals surface area (Å²) >= 11 is 4.91. The minimum Gasteiger partial charge on any atom is -0.330 e. The van der Waals surface area contributed by atoms with Crippen molar-refractivity contribution < 1.29 is 0 Å². The molecule has 2 aromatic heterocycles. The van der Waals surface area contributed by atoms with Crippen LogP contribution in [0.3, 0.4) is 0 Å². The molecule has 2 aromatic carbocycles. The maximum absolute atomic E-state index is 4.58. The lowest BCUT2D eigenvalue weighted by Crippen LogP contribution is -1.94. The molecular weight excluding hydrogens is 374 g/mol. The van der Waals surface area contributed by atoms with Gasteiger partial charge in [0.05, 0.1) is 0 Å². The molecule has 0 amide bonds. The predicted octanol–water partition coefficient (Wildman–Crippen LogP) is 4.67. The molecule has 5 nitrogen and oxygen atoms in total. The average Bonchev–Trinajstić information content (AvgIpc) is 3.11. The zero-order chi connectivity index (χ0) is 15.8. The van der Waals surface area contributed by atoms with Gasteiger partial charge in [-0.25, -0.2) is 0 Å². The molecule has 4 aromatic rings. The van der Waals surface area contributed by atoms with Crippen LogP contribution in [-0.2, 0) is 0 Å². The number of nitrogens with zero attached hydrogens (tertiary/aromatic N) is 4. The summed E-state index contributed by atoms with van der Waals surface area (Å²) in [5.41, 5.74) is 3.21. The van der Waals surface area contributed by atoms with Crippen LogP contribution in [0.2, 0.25) is 0 Å². The summed E-state index contributed by atoms with van der Waals surface area (Å²) in [6.07, 6.45) is 0. The van der Waals surface area contributed by atoms with Crippen molar-refractivity contribution in [1.29, 1.82) is 0 Å². The van der Waals surface area contributed by atoms with E-state index in [2.05, 4.69) is 55.6 Å². The topological polar surface area (TPSA) is 55.1 Å². The molecule has 0 radical (unpaired) electrons. The van der Waals surface area contributed by atoms with E-state index < -0.39 is 0 Å². The molecule has 0 unspecified atom stereocenters. The van der Waals surface area contributed by atoms with Gasteiger partial charge in [-0.05, 0) is 31.2 Å². The molecule has 23 heavy (non-hydrogen) atoms. The van der Waals surface area contributed by atoms with Gasteiger partial charge in [0.25, 0.3) is 0 Å². The van der Waals surface area contributed by atoms with Gasteiger partial charge in [-0.2, -0.15) is 4.52 Å². The minimum absolute atomic E-state index is 0.737. The first-order valence-electron chi connectivity index (χ1n) is 7.01. The van der Waals surface area contributed by atoms with Crippen molar-refractivity contribution in [2.75, 3.05) is 5.32 Å². The summed E-state index contributed by atoms with van der Waals surface area (Å²) < 4.78 is 2.80. The van der Waals surface area contributed by atoms with E-state index in [-0.39, 0.29) is 0 Å². The smallest absolute Gasteiger partial charge is 0.236 e. The summed E-state index contributed by atoms with van der Waals surface area (Å²) in [7, 11) is 0. The first-order chi connectivity index (χ1) is 11.2. The van der Waals surface area contributed by atoms with Gasteiger partial charge < -0.3 is 5.32 Å². The van der Waals surface area contributed by atoms with E-state index in [9.17, 15) is 0 Å². The average molecular weight is 386 g/mol. The molecule has 1 N–H and O–H groups in total. The quantitative estimate of drug-likeness (QED) is 0.556. The highest BCUT2D eigenvalue weighted by molar-refractivity contribution is 9.10. The van der Waals surface area contributed by atoms with Crippen LogP contribution in [0.4, 0.5) is 10.8 Å². The van der Waals surface area contributed by atoms with E-state index in [0.29, 0.717) is 0 Å². The normalized spacial score (nSPS) is 11.0. The van der Waals surface area contributed by atoms with Gasteiger partial charge in [0.1, 0.15) is 0 Å². The van der Waals surface area contributed by atoms with Crippen molar-refractivity contribution >= 4 is 43.0 Å². The molecular formula is C16H12BrN5S. The predicted molar refractivity (Wildman–Crippen MR) is 96.3 cm³/mol. The Kier molecular flexibility index (Phi) is 3.59. The second-order valence-corrected chi connectivity index (χ2v) is 6.99. The fourth-order valence-corrected chi connectivity index (χ4v) is 3.23. The Hall–Kier alpha value is -2.25. The van der Waals surface area contributed by atoms with E-state index in [4.69, 9.17) is 0 Å². The standard InChI is InChI=1S/C16H12BrN5S/c1-10-2-8-13(9-3-10)18-15-21-22-14(19-20-16(22)23-15)11-4-6-12(17)7-5-11/h2-9H,1H3,(H,18,21). The van der Waals surface area contributed by atoms with Crippen molar-refractivity contribution in [3.05, 3.63) is 58.6 Å². The third-order valence-electron chi connectivity index (χ3n) is 3.40. The SMILES string of the molecule is Cc1ccc(Nc2nn3c(-c4ccc(Br)cc4)nnc3s2)cc1. The molecule has 0 aliphatic rings. The van der Waals surface area contributed by atoms with Gasteiger partial charge in [-0.15, -0.1) is 15.3 Å². The van der Waals surface area contributed by atoms with Crippen LogP contribution < -0.4 is 5.32 Å². The van der Waals surface area contributed by atoms with Crippen LogP contribution in [0.25, 0.3) is 16.3 Å². The Bertz CT molecular complexity index is 956. The van der Waals surface area contributed by atoms with E-state index in [1.165, 1.54) is 16.9 Å². The van der Waals surface area contributed by atoms with Crippen LogP contribution in [0, 0.1) is 6.92 Å². The van der Waals surface area contributed by atoms with E-state index in [1.54, 1.807) is 4.52 Å². The Balaban J connectivity index is 1.68. The summed E-state index contributed by atoms with van der Waals surface area (Å²) in [4.78, 5) is 0.762. The third kappa shape index (κ3) is 2.85. The highest BCUT2D eigenvalue weighted by Crippen LogP contribution is 2.27. The number of fused-ring (bicyclic) bond motifs is 1. The molecule has 7 heteroatoms. The number of hydrogen-bond acceptors (Lipinski definition) is 5. The zero-order valence-electron chi connectivity index (χ0n) is 12.2. The molecule has 0 atom stereocenters. The number of rotatable bonds is 3. The van der Waals surface area contributed by atoms with Crippen LogP contribution in [0.15, 0.2) is 53.0 Å². The molecule has 0 spiro atoms. The van der Waals surface area contributed by atoms with E-state index in [1.807, 2.05) is 36.4 Å². The minimum atomic E-state index is 0.737. The molecule has 2 heterocycles. The number of hydrogen-bond donors (Lipinski definition) is 1. The van der Waals surface area contributed by atoms with Crippen molar-refractivity contribution in [3.63, 3.8) is 0 Å². The monoisotopic (exact) mass is 385 g/mol. The Morgan fingerprint density at radius 1 is 1.00 bits per heavy atom. The summed E-state index contributed by atoms with van der Waals surface area (Å²) in [5, 5.41) is 17.1. The van der Waals surface area contributed by atoms with E-state index >= 15 is 0 Å². The molecule has 114 valence electrons. The van der Waals surface area contributed by atoms with Gasteiger partial charge in [0.15, 0.2) is 5.82 Å². The van der Waals surface area contributed by atoms with Crippen LogP contribution in [0.5, 0.6) is 0 Å². The highest BCUT2D eigenvalue weighted by Gasteiger charge is 2.13. The fourth-order valence-electron chi connectivity index (χ4n) is 2.21. The lowest BCUT2D eigenvalue weighted by molar-refractivity contribution is 0.970. The van der Waals surface area contributed by atoms with Gasteiger partial charge >= 0.3 is 0 Å². The summed E-state index contributed by atoms with van der Waals surface area (Å²) in [5.74, 6) is 0.737. The number of halogens is 1.